The molecular weight excluding hydrogens is 176 g/mol. The molecule has 1 saturated carbocycles. The molecule has 0 aliphatic heterocycles. The molecule has 1 N–H and O–H groups in total. The molecule has 0 amide bonds. The van der Waals surface area contributed by atoms with Gasteiger partial charge in [0, 0.05) is 6.54 Å². The third kappa shape index (κ3) is 1.89. The summed E-state index contributed by atoms with van der Waals surface area (Å²) >= 11 is 0. The number of hydrogen-bond donors (Lipinski definition) is 1. The van der Waals surface area contributed by atoms with Crippen molar-refractivity contribution in [1.82, 2.24) is 14.8 Å². The van der Waals surface area contributed by atoms with Gasteiger partial charge in [-0.3, -0.25) is 0 Å². The average Bonchev–Trinajstić information content (AvgIpc) is 2.68. The summed E-state index contributed by atoms with van der Waals surface area (Å²) in [7, 11) is 0. The molecule has 1 heterocycles. The lowest BCUT2D eigenvalue weighted by Gasteiger charge is -2.22. The fraction of sp³-hybridized carbons (Fsp3) is 0.800. The zero-order chi connectivity index (χ0) is 9.80. The average molecular weight is 194 g/mol. The Balaban J connectivity index is 2.09. The lowest BCUT2D eigenvalue weighted by molar-refractivity contribution is 0.332. The van der Waals surface area contributed by atoms with E-state index < -0.39 is 0 Å². The van der Waals surface area contributed by atoms with Gasteiger partial charge in [-0.1, -0.05) is 19.3 Å². The molecule has 0 unspecified atom stereocenters. The maximum atomic E-state index is 4.30. The highest BCUT2D eigenvalue weighted by atomic mass is 15.4. The number of hydrogen-bond acceptors (Lipinski definition) is 3. The van der Waals surface area contributed by atoms with Gasteiger partial charge in [-0.25, -0.2) is 4.68 Å². The topological polar surface area (TPSA) is 42.7 Å². The van der Waals surface area contributed by atoms with Gasteiger partial charge in [-0.2, -0.15) is 10.1 Å². The second kappa shape index (κ2) is 4.44. The Hall–Kier alpha value is -1.06. The SMILES string of the molecule is CCNc1ncnn1C1CCCCC1. The van der Waals surface area contributed by atoms with E-state index in [1.807, 2.05) is 0 Å². The first-order valence-electron chi connectivity index (χ1n) is 5.55. The van der Waals surface area contributed by atoms with E-state index in [1.165, 1.54) is 32.1 Å². The van der Waals surface area contributed by atoms with Gasteiger partial charge in [-0.15, -0.1) is 0 Å². The van der Waals surface area contributed by atoms with Crippen molar-refractivity contribution in [2.24, 2.45) is 0 Å². The second-order valence-electron chi connectivity index (χ2n) is 3.85. The fourth-order valence-electron chi connectivity index (χ4n) is 2.13. The monoisotopic (exact) mass is 194 g/mol. The predicted octanol–water partition coefficient (Wildman–Crippen LogP) is 2.22. The Morgan fingerprint density at radius 1 is 1.43 bits per heavy atom. The maximum Gasteiger partial charge on any atom is 0.221 e. The van der Waals surface area contributed by atoms with Crippen molar-refractivity contribution in [3.05, 3.63) is 6.33 Å². The molecule has 1 aliphatic rings. The Labute approximate surface area is 84.7 Å². The van der Waals surface area contributed by atoms with Gasteiger partial charge in [0.1, 0.15) is 6.33 Å². The summed E-state index contributed by atoms with van der Waals surface area (Å²) in [4.78, 5) is 4.22. The van der Waals surface area contributed by atoms with Gasteiger partial charge < -0.3 is 5.32 Å². The van der Waals surface area contributed by atoms with Gasteiger partial charge in [0.25, 0.3) is 0 Å². The van der Waals surface area contributed by atoms with Crippen molar-refractivity contribution in [2.45, 2.75) is 45.1 Å². The van der Waals surface area contributed by atoms with Crippen LogP contribution in [0.1, 0.15) is 45.1 Å². The Bertz CT molecular complexity index is 275. The highest BCUT2D eigenvalue weighted by Gasteiger charge is 2.18. The van der Waals surface area contributed by atoms with Crippen molar-refractivity contribution in [1.29, 1.82) is 0 Å². The van der Waals surface area contributed by atoms with E-state index in [9.17, 15) is 0 Å². The summed E-state index contributed by atoms with van der Waals surface area (Å²) in [6.07, 6.45) is 8.18. The van der Waals surface area contributed by atoms with E-state index in [-0.39, 0.29) is 0 Å². The zero-order valence-corrected chi connectivity index (χ0v) is 8.74. The molecule has 0 radical (unpaired) electrons. The summed E-state index contributed by atoms with van der Waals surface area (Å²) in [6, 6.07) is 0.570. The smallest absolute Gasteiger partial charge is 0.221 e. The molecule has 1 aromatic heterocycles. The minimum Gasteiger partial charge on any atom is -0.355 e. The van der Waals surface area contributed by atoms with Crippen LogP contribution in [0.25, 0.3) is 0 Å². The van der Waals surface area contributed by atoms with Crippen molar-refractivity contribution >= 4 is 5.95 Å². The number of aromatic nitrogens is 3. The van der Waals surface area contributed by atoms with E-state index in [1.54, 1.807) is 6.33 Å². The Kier molecular flexibility index (Phi) is 3.01. The van der Waals surface area contributed by atoms with Crippen molar-refractivity contribution in [3.63, 3.8) is 0 Å². The van der Waals surface area contributed by atoms with Crippen LogP contribution in [0.4, 0.5) is 5.95 Å². The molecule has 1 aliphatic carbocycles. The van der Waals surface area contributed by atoms with E-state index >= 15 is 0 Å². The van der Waals surface area contributed by atoms with Crippen molar-refractivity contribution in [2.75, 3.05) is 11.9 Å². The first kappa shape index (κ1) is 9.49. The van der Waals surface area contributed by atoms with Crippen LogP contribution in [0.3, 0.4) is 0 Å². The standard InChI is InChI=1S/C10H18N4/c1-2-11-10-12-8-13-14(10)9-6-4-3-5-7-9/h8-9H,2-7H2,1H3,(H,11,12,13). The molecule has 0 aromatic carbocycles. The number of rotatable bonds is 3. The van der Waals surface area contributed by atoms with Crippen LogP contribution >= 0.6 is 0 Å². The third-order valence-electron chi connectivity index (χ3n) is 2.83. The molecule has 4 heteroatoms. The minimum absolute atomic E-state index is 0.570. The van der Waals surface area contributed by atoms with Crippen LogP contribution in [0.15, 0.2) is 6.33 Å². The molecule has 0 bridgehead atoms. The van der Waals surface area contributed by atoms with E-state index in [0.717, 1.165) is 12.5 Å². The van der Waals surface area contributed by atoms with E-state index in [4.69, 9.17) is 0 Å². The molecular formula is C10H18N4. The molecule has 1 aromatic rings. The van der Waals surface area contributed by atoms with Crippen molar-refractivity contribution < 1.29 is 0 Å². The predicted molar refractivity (Wildman–Crippen MR) is 56.3 cm³/mol. The van der Waals surface area contributed by atoms with Crippen LogP contribution in [-0.2, 0) is 0 Å². The van der Waals surface area contributed by atoms with Crippen LogP contribution < -0.4 is 5.32 Å². The highest BCUT2D eigenvalue weighted by molar-refractivity contribution is 5.23. The lowest BCUT2D eigenvalue weighted by atomic mass is 9.96. The van der Waals surface area contributed by atoms with Gasteiger partial charge in [0.2, 0.25) is 5.95 Å². The molecule has 1 fully saturated rings. The number of anilines is 1. The zero-order valence-electron chi connectivity index (χ0n) is 8.74. The van der Waals surface area contributed by atoms with Crippen LogP contribution in [0.2, 0.25) is 0 Å². The molecule has 14 heavy (non-hydrogen) atoms. The van der Waals surface area contributed by atoms with Crippen molar-refractivity contribution in [3.8, 4) is 0 Å². The quantitative estimate of drug-likeness (QED) is 0.802. The lowest BCUT2D eigenvalue weighted by Crippen LogP contribution is -2.17. The van der Waals surface area contributed by atoms with Crippen LogP contribution in [0, 0.1) is 0 Å². The van der Waals surface area contributed by atoms with Crippen LogP contribution in [-0.4, -0.2) is 21.3 Å². The Morgan fingerprint density at radius 3 is 2.93 bits per heavy atom. The molecule has 0 saturated heterocycles. The maximum absolute atomic E-state index is 4.30. The fourth-order valence-corrected chi connectivity index (χ4v) is 2.13. The molecule has 0 atom stereocenters. The number of nitrogens with one attached hydrogen (secondary N) is 1. The van der Waals surface area contributed by atoms with E-state index in [0.29, 0.717) is 6.04 Å². The van der Waals surface area contributed by atoms with Gasteiger partial charge in [0.05, 0.1) is 6.04 Å². The van der Waals surface area contributed by atoms with Gasteiger partial charge in [-0.05, 0) is 19.8 Å². The first-order chi connectivity index (χ1) is 6.92. The third-order valence-corrected chi connectivity index (χ3v) is 2.83. The molecule has 0 spiro atoms. The minimum atomic E-state index is 0.570. The Morgan fingerprint density at radius 2 is 2.21 bits per heavy atom. The summed E-state index contributed by atoms with van der Waals surface area (Å²) in [5.41, 5.74) is 0. The van der Waals surface area contributed by atoms with Gasteiger partial charge in [0.15, 0.2) is 0 Å². The second-order valence-corrected chi connectivity index (χ2v) is 3.85. The summed E-state index contributed by atoms with van der Waals surface area (Å²) < 4.78 is 2.06. The number of nitrogens with zero attached hydrogens (tertiary/aromatic N) is 3. The summed E-state index contributed by atoms with van der Waals surface area (Å²) in [5, 5.41) is 7.54. The van der Waals surface area contributed by atoms with Gasteiger partial charge >= 0.3 is 0 Å². The summed E-state index contributed by atoms with van der Waals surface area (Å²) in [5.74, 6) is 0.930. The summed E-state index contributed by atoms with van der Waals surface area (Å²) in [6.45, 7) is 2.99. The molecule has 78 valence electrons. The van der Waals surface area contributed by atoms with Crippen LogP contribution in [0.5, 0.6) is 0 Å². The largest absolute Gasteiger partial charge is 0.355 e. The molecule has 4 nitrogen and oxygen atoms in total. The van der Waals surface area contributed by atoms with E-state index in [2.05, 4.69) is 27.0 Å². The molecule has 2 rings (SSSR count). The first-order valence-corrected chi connectivity index (χ1v) is 5.55. The normalized spacial score (nSPS) is 18.4. The highest BCUT2D eigenvalue weighted by Crippen LogP contribution is 2.28.